The zero-order chi connectivity index (χ0) is 30.3. The van der Waals surface area contributed by atoms with Gasteiger partial charge in [-0.1, -0.05) is 12.1 Å². The van der Waals surface area contributed by atoms with Gasteiger partial charge in [-0.15, -0.1) is 0 Å². The Hall–Kier alpha value is -4.31. The van der Waals surface area contributed by atoms with Gasteiger partial charge in [-0.2, -0.15) is 5.10 Å². The molecular weight excluding hydrogens is 541 g/mol. The molecule has 3 heterocycles. The highest BCUT2D eigenvalue weighted by Gasteiger charge is 2.34. The number of methoxy groups -OCH3 is 1. The number of Topliss-reactive ketones (excluding diaryl/α,β-unsaturated/α-hetero) is 1. The van der Waals surface area contributed by atoms with E-state index in [1.807, 2.05) is 6.92 Å². The number of carbonyl (C=O) groups excluding carboxylic acids is 1. The first kappa shape index (κ1) is 29.2. The second-order valence-electron chi connectivity index (χ2n) is 11.4. The summed E-state index contributed by atoms with van der Waals surface area (Å²) >= 11 is 0. The summed E-state index contributed by atoms with van der Waals surface area (Å²) in [4.78, 5) is 30.5. The first-order valence-electron chi connectivity index (χ1n) is 13.8. The Kier molecular flexibility index (Phi) is 7.76. The van der Waals surface area contributed by atoms with Crippen LogP contribution in [0.5, 0.6) is 11.5 Å². The van der Waals surface area contributed by atoms with E-state index in [4.69, 9.17) is 19.3 Å². The Bertz CT molecular complexity index is 1710. The first-order valence-corrected chi connectivity index (χ1v) is 13.8. The van der Waals surface area contributed by atoms with Crippen molar-refractivity contribution in [2.45, 2.75) is 65.6 Å². The van der Waals surface area contributed by atoms with Crippen molar-refractivity contribution >= 4 is 17.4 Å². The summed E-state index contributed by atoms with van der Waals surface area (Å²) in [7, 11) is 1.53. The van der Waals surface area contributed by atoms with E-state index in [0.29, 0.717) is 52.6 Å². The van der Waals surface area contributed by atoms with Crippen LogP contribution in [0.15, 0.2) is 36.4 Å². The Labute approximate surface area is 243 Å². The van der Waals surface area contributed by atoms with Crippen LogP contribution in [0.25, 0.3) is 16.9 Å². The molecule has 9 nitrogen and oxygen atoms in total. The topological polar surface area (TPSA) is 112 Å². The van der Waals surface area contributed by atoms with Crippen LogP contribution in [0.1, 0.15) is 71.7 Å². The maximum Gasteiger partial charge on any atom is 0.337 e. The van der Waals surface area contributed by atoms with Crippen molar-refractivity contribution in [3.05, 3.63) is 75.9 Å². The number of hydrogen-bond acceptors (Lipinski definition) is 7. The van der Waals surface area contributed by atoms with Crippen molar-refractivity contribution in [2.75, 3.05) is 13.7 Å². The third-order valence-electron chi connectivity index (χ3n) is 7.26. The third-order valence-corrected chi connectivity index (χ3v) is 7.26. The van der Waals surface area contributed by atoms with Gasteiger partial charge in [-0.25, -0.2) is 18.7 Å². The summed E-state index contributed by atoms with van der Waals surface area (Å²) in [6, 6.07) is 9.90. The smallest absolute Gasteiger partial charge is 0.337 e. The van der Waals surface area contributed by atoms with Crippen molar-refractivity contribution < 1.29 is 33.3 Å². The van der Waals surface area contributed by atoms with Crippen molar-refractivity contribution in [2.24, 2.45) is 0 Å². The number of ketones is 1. The highest BCUT2D eigenvalue weighted by molar-refractivity contribution is 5.97. The van der Waals surface area contributed by atoms with Crippen LogP contribution in [0, 0.1) is 19.7 Å². The minimum Gasteiger partial charge on any atom is -0.497 e. The number of aromatic nitrogens is 3. The van der Waals surface area contributed by atoms with Crippen molar-refractivity contribution in [1.82, 2.24) is 14.6 Å². The fourth-order valence-electron chi connectivity index (χ4n) is 5.39. The minimum absolute atomic E-state index is 0.0312. The molecule has 1 aliphatic heterocycles. The molecule has 220 valence electrons. The van der Waals surface area contributed by atoms with Gasteiger partial charge in [0.2, 0.25) is 0 Å². The largest absolute Gasteiger partial charge is 0.497 e. The normalized spacial score (nSPS) is 13.9. The zero-order valence-corrected chi connectivity index (χ0v) is 24.6. The number of carboxylic acid groups (broad SMARTS) is 1. The maximum absolute atomic E-state index is 15.5. The lowest BCUT2D eigenvalue weighted by molar-refractivity contribution is -0.160. The molecule has 0 saturated carbocycles. The number of nitrogens with zero attached hydrogens (tertiary/aromatic N) is 3. The van der Waals surface area contributed by atoms with E-state index in [9.17, 15) is 14.7 Å². The predicted octanol–water partition coefficient (Wildman–Crippen LogP) is 5.85. The van der Waals surface area contributed by atoms with E-state index < -0.39 is 23.5 Å². The van der Waals surface area contributed by atoms with Gasteiger partial charge in [-0.3, -0.25) is 4.79 Å². The van der Waals surface area contributed by atoms with Gasteiger partial charge < -0.3 is 19.3 Å². The van der Waals surface area contributed by atoms with Gasteiger partial charge in [0.15, 0.2) is 29.1 Å². The molecular formula is C32H34FN3O6. The first-order chi connectivity index (χ1) is 19.9. The average molecular weight is 576 g/mol. The SMILES string of the molecule is COc1cccc(C(=O)Cc2cc3nc(C)c([C@H](OC(C)(C)C)C(=O)O)c(-c4cc(F)c5c(c4C)CCCO5)n3n2)c1. The van der Waals surface area contributed by atoms with Crippen molar-refractivity contribution in [3.8, 4) is 22.8 Å². The summed E-state index contributed by atoms with van der Waals surface area (Å²) < 4.78 is 34.0. The third kappa shape index (κ3) is 5.59. The predicted molar refractivity (Wildman–Crippen MR) is 154 cm³/mol. The number of carboxylic acids is 1. The molecule has 0 fully saturated rings. The molecule has 1 aliphatic rings. The molecule has 2 aromatic carbocycles. The van der Waals surface area contributed by atoms with Gasteiger partial charge in [0.05, 0.1) is 37.1 Å². The van der Waals surface area contributed by atoms with E-state index >= 15 is 4.39 Å². The molecule has 1 atom stereocenters. The van der Waals surface area contributed by atoms with Crippen molar-refractivity contribution in [3.63, 3.8) is 0 Å². The summed E-state index contributed by atoms with van der Waals surface area (Å²) in [5, 5.41) is 15.1. The van der Waals surface area contributed by atoms with Gasteiger partial charge in [-0.05, 0) is 71.2 Å². The number of benzene rings is 2. The molecule has 0 radical (unpaired) electrons. The lowest BCUT2D eigenvalue weighted by Gasteiger charge is -2.28. The van der Waals surface area contributed by atoms with Gasteiger partial charge in [0.1, 0.15) is 5.75 Å². The molecule has 0 spiro atoms. The Morgan fingerprint density at radius 2 is 1.95 bits per heavy atom. The monoisotopic (exact) mass is 575 g/mol. The molecule has 2 aromatic heterocycles. The van der Waals surface area contributed by atoms with Crippen LogP contribution >= 0.6 is 0 Å². The standard InChI is InChI=1S/C32H34FN3O6/c1-17-22-11-8-12-41-29(22)24(33)16-23(17)28-27(30(31(38)39)42-32(3,4)5)18(2)34-26-15-20(35-36(26)28)14-25(37)19-9-7-10-21(13-19)40-6/h7,9-10,13,15-16,30H,8,11-12,14H2,1-6H3,(H,38,39)/t30-/m0/s1. The Morgan fingerprint density at radius 1 is 1.19 bits per heavy atom. The molecule has 0 unspecified atom stereocenters. The molecule has 1 N–H and O–H groups in total. The van der Waals surface area contributed by atoms with Gasteiger partial charge >= 0.3 is 5.97 Å². The van der Waals surface area contributed by atoms with E-state index in [-0.39, 0.29) is 23.5 Å². The summed E-state index contributed by atoms with van der Waals surface area (Å²) in [5.74, 6) is -1.15. The molecule has 0 aliphatic carbocycles. The number of carbonyl (C=O) groups is 2. The molecule has 0 bridgehead atoms. The molecule has 5 rings (SSSR count). The van der Waals surface area contributed by atoms with Crippen LogP contribution in [0.2, 0.25) is 0 Å². The second kappa shape index (κ2) is 11.2. The lowest BCUT2D eigenvalue weighted by atomic mass is 9.91. The van der Waals surface area contributed by atoms with Crippen LogP contribution in [0.3, 0.4) is 0 Å². The number of aryl methyl sites for hydroxylation is 1. The van der Waals surface area contributed by atoms with Crippen LogP contribution < -0.4 is 9.47 Å². The van der Waals surface area contributed by atoms with Gasteiger partial charge in [0.25, 0.3) is 0 Å². The zero-order valence-electron chi connectivity index (χ0n) is 24.6. The molecule has 0 amide bonds. The highest BCUT2D eigenvalue weighted by atomic mass is 19.1. The number of rotatable bonds is 8. The van der Waals surface area contributed by atoms with E-state index in [2.05, 4.69) is 4.98 Å². The fourth-order valence-corrected chi connectivity index (χ4v) is 5.39. The number of halogens is 1. The van der Waals surface area contributed by atoms with Crippen LogP contribution in [-0.2, 0) is 22.4 Å². The fraction of sp³-hybridized carbons (Fsp3) is 0.375. The molecule has 10 heteroatoms. The Balaban J connectivity index is 1.74. The second-order valence-corrected chi connectivity index (χ2v) is 11.4. The van der Waals surface area contributed by atoms with Crippen LogP contribution in [0.4, 0.5) is 4.39 Å². The maximum atomic E-state index is 15.5. The quantitative estimate of drug-likeness (QED) is 0.260. The number of aliphatic carboxylic acids is 1. The highest BCUT2D eigenvalue weighted by Crippen LogP contribution is 2.41. The summed E-state index contributed by atoms with van der Waals surface area (Å²) in [6.07, 6.45) is -0.0965. The van der Waals surface area contributed by atoms with Gasteiger partial charge in [0, 0.05) is 34.0 Å². The van der Waals surface area contributed by atoms with E-state index in [1.165, 1.54) is 17.7 Å². The number of hydrogen-bond donors (Lipinski definition) is 1. The summed E-state index contributed by atoms with van der Waals surface area (Å²) in [6.45, 7) is 9.29. The molecule has 4 aromatic rings. The number of ether oxygens (including phenoxy) is 3. The minimum atomic E-state index is -1.42. The van der Waals surface area contributed by atoms with E-state index in [1.54, 1.807) is 58.0 Å². The average Bonchev–Trinajstić information content (AvgIpc) is 3.34. The van der Waals surface area contributed by atoms with E-state index in [0.717, 1.165) is 17.5 Å². The van der Waals surface area contributed by atoms with Crippen LogP contribution in [-0.4, -0.2) is 50.8 Å². The van der Waals surface area contributed by atoms with Crippen molar-refractivity contribution in [1.29, 1.82) is 0 Å². The lowest BCUT2D eigenvalue weighted by Crippen LogP contribution is -2.29. The molecule has 42 heavy (non-hydrogen) atoms. The molecule has 0 saturated heterocycles. The number of fused-ring (bicyclic) bond motifs is 2. The summed E-state index contributed by atoms with van der Waals surface area (Å²) in [5.41, 5.74) is 3.42. The Morgan fingerprint density at radius 3 is 2.64 bits per heavy atom.